The fraction of sp³-hybridized carbons (Fsp3) is 0.304. The Morgan fingerprint density at radius 3 is 2.63 bits per heavy atom. The third-order valence-electron chi connectivity index (χ3n) is 6.25. The molecule has 0 spiro atoms. The second kappa shape index (κ2) is 7.09. The molecule has 2 aromatic heterocycles. The molecule has 3 heterocycles. The highest BCUT2D eigenvalue weighted by molar-refractivity contribution is 7.13. The number of fused-ring (bicyclic) bond motifs is 1. The lowest BCUT2D eigenvalue weighted by atomic mass is 10.0. The Bertz CT molecular complexity index is 1170. The van der Waals surface area contributed by atoms with Crippen LogP contribution >= 0.6 is 11.3 Å². The van der Waals surface area contributed by atoms with E-state index in [4.69, 9.17) is 0 Å². The van der Waals surface area contributed by atoms with Crippen LogP contribution in [0.3, 0.4) is 0 Å². The molecule has 30 heavy (non-hydrogen) atoms. The van der Waals surface area contributed by atoms with E-state index in [1.165, 1.54) is 30.7 Å². The maximum absolute atomic E-state index is 13.3. The molecule has 1 N–H and O–H groups in total. The van der Waals surface area contributed by atoms with Crippen molar-refractivity contribution in [3.63, 3.8) is 0 Å². The average molecular weight is 420 g/mol. The predicted molar refractivity (Wildman–Crippen MR) is 119 cm³/mol. The molecule has 7 heteroatoms. The molecule has 2 aromatic carbocycles. The first-order chi connectivity index (χ1) is 14.8. The molecule has 1 unspecified atom stereocenters. The number of hydrogen-bond donors (Lipinski definition) is 1. The van der Waals surface area contributed by atoms with E-state index in [1.54, 1.807) is 23.5 Å². The maximum Gasteiger partial charge on any atom is 0.182 e. The first kappa shape index (κ1) is 17.9. The van der Waals surface area contributed by atoms with Gasteiger partial charge in [0.05, 0.1) is 29.5 Å². The Kier molecular flexibility index (Phi) is 4.23. The van der Waals surface area contributed by atoms with Crippen molar-refractivity contribution < 1.29 is 4.39 Å². The molecule has 2 aliphatic rings. The van der Waals surface area contributed by atoms with Crippen LogP contribution in [0.4, 0.5) is 15.2 Å². The zero-order valence-electron chi connectivity index (χ0n) is 16.4. The summed E-state index contributed by atoms with van der Waals surface area (Å²) in [7, 11) is 0. The van der Waals surface area contributed by atoms with Crippen molar-refractivity contribution in [1.82, 2.24) is 14.8 Å². The van der Waals surface area contributed by atoms with E-state index < -0.39 is 0 Å². The number of nitrogens with zero attached hydrogens (tertiary/aromatic N) is 4. The lowest BCUT2D eigenvalue weighted by Gasteiger charge is -2.30. The fourth-order valence-corrected chi connectivity index (χ4v) is 5.33. The van der Waals surface area contributed by atoms with E-state index in [2.05, 4.69) is 38.5 Å². The highest BCUT2D eigenvalue weighted by Crippen LogP contribution is 2.43. The van der Waals surface area contributed by atoms with Gasteiger partial charge in [-0.1, -0.05) is 0 Å². The van der Waals surface area contributed by atoms with Crippen molar-refractivity contribution in [3.8, 4) is 5.69 Å². The summed E-state index contributed by atoms with van der Waals surface area (Å²) in [5.74, 6) is 0.515. The Morgan fingerprint density at radius 1 is 1.03 bits per heavy atom. The van der Waals surface area contributed by atoms with Crippen molar-refractivity contribution in [2.45, 2.75) is 31.3 Å². The number of aromatic nitrogens is 3. The molecular formula is C23H22FN5S. The van der Waals surface area contributed by atoms with Gasteiger partial charge in [0.1, 0.15) is 5.82 Å². The van der Waals surface area contributed by atoms with Gasteiger partial charge < -0.3 is 10.2 Å². The van der Waals surface area contributed by atoms with Gasteiger partial charge in [0.25, 0.3) is 0 Å². The van der Waals surface area contributed by atoms with Crippen LogP contribution in [0.2, 0.25) is 0 Å². The van der Waals surface area contributed by atoms with Crippen LogP contribution in [0.15, 0.2) is 60.2 Å². The van der Waals surface area contributed by atoms with Gasteiger partial charge in [-0.2, -0.15) is 5.10 Å². The van der Waals surface area contributed by atoms with Gasteiger partial charge in [0.2, 0.25) is 0 Å². The third kappa shape index (κ3) is 3.13. The molecule has 1 saturated heterocycles. The van der Waals surface area contributed by atoms with Crippen molar-refractivity contribution in [2.75, 3.05) is 16.8 Å². The quantitative estimate of drug-likeness (QED) is 0.489. The minimum atomic E-state index is -0.237. The van der Waals surface area contributed by atoms with Crippen molar-refractivity contribution in [2.24, 2.45) is 5.92 Å². The van der Waals surface area contributed by atoms with E-state index in [0.29, 0.717) is 12.1 Å². The van der Waals surface area contributed by atoms with Crippen LogP contribution in [0.1, 0.15) is 19.3 Å². The summed E-state index contributed by atoms with van der Waals surface area (Å²) >= 11 is 1.67. The molecule has 5 nitrogen and oxygen atoms in total. The lowest BCUT2D eigenvalue weighted by molar-refractivity contribution is 0.548. The predicted octanol–water partition coefficient (Wildman–Crippen LogP) is 5.09. The average Bonchev–Trinajstić information content (AvgIpc) is 3.16. The van der Waals surface area contributed by atoms with Crippen LogP contribution in [0.25, 0.3) is 16.6 Å². The molecule has 0 radical (unpaired) electrons. The molecule has 4 aromatic rings. The number of rotatable bonds is 5. The maximum atomic E-state index is 13.3. The van der Waals surface area contributed by atoms with Gasteiger partial charge in [-0.3, -0.25) is 0 Å². The van der Waals surface area contributed by atoms with Crippen LogP contribution in [-0.2, 0) is 0 Å². The summed E-state index contributed by atoms with van der Waals surface area (Å²) in [4.78, 5) is 6.99. The van der Waals surface area contributed by atoms with Crippen LogP contribution in [-0.4, -0.2) is 33.4 Å². The summed E-state index contributed by atoms with van der Waals surface area (Å²) in [5, 5.41) is 12.4. The standard InChI is InChI=1S/C23H22FN5S/c24-17-3-5-18(6-4-17)29-21-8-7-19(13-16(21)14-26-29)28-11-9-20(22(28)15-1-2-15)27-23-25-10-12-30-23/h3-8,10,12-15,20,22H,1-2,9,11H2,(H,25,27)/t20?,22-/m1/s1. The Labute approximate surface area is 178 Å². The molecule has 1 saturated carbocycles. The van der Waals surface area contributed by atoms with E-state index in [9.17, 15) is 4.39 Å². The molecular weight excluding hydrogens is 397 g/mol. The zero-order valence-corrected chi connectivity index (χ0v) is 17.2. The molecule has 1 aliphatic carbocycles. The second-order valence-corrected chi connectivity index (χ2v) is 9.07. The normalized spacial score (nSPS) is 21.4. The summed E-state index contributed by atoms with van der Waals surface area (Å²) in [6.45, 7) is 1.04. The summed E-state index contributed by atoms with van der Waals surface area (Å²) in [6, 6.07) is 14.0. The van der Waals surface area contributed by atoms with Gasteiger partial charge in [-0.15, -0.1) is 11.3 Å². The number of hydrogen-bond acceptors (Lipinski definition) is 5. The third-order valence-corrected chi connectivity index (χ3v) is 6.96. The van der Waals surface area contributed by atoms with Crippen molar-refractivity contribution >= 4 is 33.1 Å². The molecule has 0 bridgehead atoms. The largest absolute Gasteiger partial charge is 0.366 e. The van der Waals surface area contributed by atoms with Gasteiger partial charge in [0.15, 0.2) is 5.13 Å². The Balaban J connectivity index is 1.30. The first-order valence-corrected chi connectivity index (χ1v) is 11.3. The Hall–Kier alpha value is -2.93. The van der Waals surface area contributed by atoms with E-state index in [1.807, 2.05) is 22.5 Å². The van der Waals surface area contributed by atoms with Crippen LogP contribution in [0.5, 0.6) is 0 Å². The van der Waals surface area contributed by atoms with Gasteiger partial charge in [-0.05, 0) is 67.6 Å². The van der Waals surface area contributed by atoms with Gasteiger partial charge >= 0.3 is 0 Å². The van der Waals surface area contributed by atoms with E-state index >= 15 is 0 Å². The molecule has 2 fully saturated rings. The molecule has 1 aliphatic heterocycles. The highest BCUT2D eigenvalue weighted by atomic mass is 32.1. The second-order valence-electron chi connectivity index (χ2n) is 8.17. The number of nitrogens with one attached hydrogen (secondary N) is 1. The zero-order chi connectivity index (χ0) is 20.1. The molecule has 6 rings (SSSR count). The number of anilines is 2. The molecule has 152 valence electrons. The summed E-state index contributed by atoms with van der Waals surface area (Å²) < 4.78 is 15.2. The fourth-order valence-electron chi connectivity index (χ4n) is 4.74. The van der Waals surface area contributed by atoms with Crippen molar-refractivity contribution in [1.29, 1.82) is 0 Å². The van der Waals surface area contributed by atoms with Crippen LogP contribution < -0.4 is 10.2 Å². The van der Waals surface area contributed by atoms with E-state index in [0.717, 1.165) is 40.6 Å². The highest BCUT2D eigenvalue weighted by Gasteiger charge is 2.44. The van der Waals surface area contributed by atoms with Gasteiger partial charge in [-0.25, -0.2) is 14.1 Å². The molecule has 2 atom stereocenters. The molecule has 0 amide bonds. The van der Waals surface area contributed by atoms with Crippen LogP contribution in [0, 0.1) is 11.7 Å². The van der Waals surface area contributed by atoms with Gasteiger partial charge in [0, 0.05) is 29.2 Å². The topological polar surface area (TPSA) is 46.0 Å². The smallest absolute Gasteiger partial charge is 0.182 e. The number of halogens is 1. The van der Waals surface area contributed by atoms with E-state index in [-0.39, 0.29) is 5.82 Å². The summed E-state index contributed by atoms with van der Waals surface area (Å²) in [5.41, 5.74) is 3.15. The lowest BCUT2D eigenvalue weighted by Crippen LogP contribution is -2.40. The summed E-state index contributed by atoms with van der Waals surface area (Å²) in [6.07, 6.45) is 7.49. The number of thiazole rings is 1. The van der Waals surface area contributed by atoms with Crippen molar-refractivity contribution in [3.05, 3.63) is 66.1 Å². The minimum Gasteiger partial charge on any atom is -0.366 e. The Morgan fingerprint density at radius 2 is 1.87 bits per heavy atom. The number of benzene rings is 2. The monoisotopic (exact) mass is 419 g/mol. The first-order valence-electron chi connectivity index (χ1n) is 10.4. The SMILES string of the molecule is Fc1ccc(-n2ncc3cc(N4CCC(Nc5nccs5)[C@H]4C4CC4)ccc32)cc1. The minimum absolute atomic E-state index is 0.237.